The molecule has 82 valence electrons. The summed E-state index contributed by atoms with van der Waals surface area (Å²) in [6.45, 7) is 6.00. The lowest BCUT2D eigenvalue weighted by molar-refractivity contribution is -0.605. The van der Waals surface area contributed by atoms with Crippen molar-refractivity contribution in [2.75, 3.05) is 0 Å². The monoisotopic (exact) mass is 208 g/mol. The summed E-state index contributed by atoms with van der Waals surface area (Å²) in [6.07, 6.45) is 2.62. The Morgan fingerprint density at radius 1 is 1.47 bits per heavy atom. The van der Waals surface area contributed by atoms with Crippen LogP contribution in [0.4, 0.5) is 0 Å². The van der Waals surface area contributed by atoms with Gasteiger partial charge in [-0.2, -0.15) is 4.73 Å². The zero-order valence-corrected chi connectivity index (χ0v) is 9.23. The number of nitrogens with zero attached hydrogens (tertiary/aromatic N) is 1. The smallest absolute Gasteiger partial charge is 0.257 e. The molecule has 1 N–H and O–H groups in total. The first-order valence-corrected chi connectivity index (χ1v) is 5.00. The third-order valence-corrected chi connectivity index (χ3v) is 2.40. The Bertz CT molecular complexity index is 350. The first-order chi connectivity index (χ1) is 7.00. The first kappa shape index (κ1) is 11.5. The van der Waals surface area contributed by atoms with Gasteiger partial charge in [0, 0.05) is 12.1 Å². The Balaban J connectivity index is 2.69. The van der Waals surface area contributed by atoms with Crippen LogP contribution in [0.2, 0.25) is 0 Å². The fourth-order valence-corrected chi connectivity index (χ4v) is 1.05. The second kappa shape index (κ2) is 4.77. The van der Waals surface area contributed by atoms with Crippen molar-refractivity contribution in [2.45, 2.75) is 26.8 Å². The van der Waals surface area contributed by atoms with Crippen LogP contribution in [0.3, 0.4) is 0 Å². The molecule has 1 aromatic heterocycles. The van der Waals surface area contributed by atoms with E-state index in [0.29, 0.717) is 16.2 Å². The van der Waals surface area contributed by atoms with Crippen LogP contribution in [0.5, 0.6) is 0 Å². The first-order valence-electron chi connectivity index (χ1n) is 5.00. The van der Waals surface area contributed by atoms with Crippen molar-refractivity contribution in [3.8, 4) is 0 Å². The molecule has 0 radical (unpaired) electrons. The highest BCUT2D eigenvalue weighted by Crippen LogP contribution is 2.02. The molecular formula is C11H16N2O2. The van der Waals surface area contributed by atoms with Gasteiger partial charge < -0.3 is 10.5 Å². The summed E-state index contributed by atoms with van der Waals surface area (Å²) in [5.41, 5.74) is 0.389. The zero-order chi connectivity index (χ0) is 11.4. The normalized spacial score (nSPS) is 12.5. The van der Waals surface area contributed by atoms with Crippen molar-refractivity contribution in [3.63, 3.8) is 0 Å². The summed E-state index contributed by atoms with van der Waals surface area (Å²) >= 11 is 0. The number of carbonyl (C=O) groups is 1. The van der Waals surface area contributed by atoms with Gasteiger partial charge in [-0.3, -0.25) is 4.79 Å². The number of carbonyl (C=O) groups excluding carboxylic acids is 1. The van der Waals surface area contributed by atoms with Gasteiger partial charge >= 0.3 is 0 Å². The van der Waals surface area contributed by atoms with E-state index in [9.17, 15) is 10.0 Å². The molecule has 1 aromatic rings. The largest absolute Gasteiger partial charge is 0.619 e. The van der Waals surface area contributed by atoms with Gasteiger partial charge in [0.15, 0.2) is 12.4 Å². The average molecular weight is 208 g/mol. The minimum absolute atomic E-state index is 0.0952. The fourth-order valence-electron chi connectivity index (χ4n) is 1.05. The van der Waals surface area contributed by atoms with Crippen LogP contribution < -0.4 is 10.0 Å². The molecule has 4 nitrogen and oxygen atoms in total. The number of pyridine rings is 1. The van der Waals surface area contributed by atoms with Crippen LogP contribution in [0.25, 0.3) is 0 Å². The van der Waals surface area contributed by atoms with Crippen molar-refractivity contribution in [1.82, 2.24) is 5.32 Å². The molecular weight excluding hydrogens is 192 g/mol. The molecule has 0 saturated carbocycles. The second-order valence-corrected chi connectivity index (χ2v) is 3.96. The van der Waals surface area contributed by atoms with Gasteiger partial charge in [0.1, 0.15) is 5.56 Å². The minimum Gasteiger partial charge on any atom is -0.619 e. The van der Waals surface area contributed by atoms with Gasteiger partial charge in [0.2, 0.25) is 0 Å². The van der Waals surface area contributed by atoms with Gasteiger partial charge in [-0.25, -0.2) is 0 Å². The highest BCUT2D eigenvalue weighted by molar-refractivity contribution is 5.93. The molecule has 1 unspecified atom stereocenters. The van der Waals surface area contributed by atoms with E-state index in [4.69, 9.17) is 0 Å². The van der Waals surface area contributed by atoms with Crippen molar-refractivity contribution in [3.05, 3.63) is 35.3 Å². The third kappa shape index (κ3) is 3.23. The maximum Gasteiger partial charge on any atom is 0.257 e. The number of hydrogen-bond acceptors (Lipinski definition) is 2. The van der Waals surface area contributed by atoms with Crippen molar-refractivity contribution >= 4 is 5.91 Å². The van der Waals surface area contributed by atoms with E-state index in [1.807, 2.05) is 20.8 Å². The topological polar surface area (TPSA) is 56.0 Å². The lowest BCUT2D eigenvalue weighted by Crippen LogP contribution is -2.37. The molecule has 0 bridgehead atoms. The maximum absolute atomic E-state index is 11.6. The molecule has 0 fully saturated rings. The third-order valence-electron chi connectivity index (χ3n) is 2.40. The fraction of sp³-hybridized carbons (Fsp3) is 0.455. The van der Waals surface area contributed by atoms with Gasteiger partial charge in [0.25, 0.3) is 5.91 Å². The molecule has 0 aliphatic rings. The molecule has 0 saturated heterocycles. The number of hydrogen-bond donors (Lipinski definition) is 1. The Morgan fingerprint density at radius 3 is 2.67 bits per heavy atom. The van der Waals surface area contributed by atoms with Crippen LogP contribution in [-0.4, -0.2) is 11.9 Å². The van der Waals surface area contributed by atoms with Crippen molar-refractivity contribution in [2.24, 2.45) is 5.92 Å². The van der Waals surface area contributed by atoms with Gasteiger partial charge in [-0.05, 0) is 18.9 Å². The molecule has 1 heterocycles. The van der Waals surface area contributed by atoms with Crippen LogP contribution >= 0.6 is 0 Å². The maximum atomic E-state index is 11.6. The van der Waals surface area contributed by atoms with Crippen LogP contribution in [0, 0.1) is 11.1 Å². The lowest BCUT2D eigenvalue weighted by Gasteiger charge is -2.16. The standard InChI is InChI=1S/C11H16N2O2/c1-8(2)9(3)12-11(14)10-5-4-6-13(15)7-10/h4-9H,1-3H3,(H,12,14). The second-order valence-electron chi connectivity index (χ2n) is 3.96. The number of nitrogens with one attached hydrogen (secondary N) is 1. The van der Waals surface area contributed by atoms with E-state index in [-0.39, 0.29) is 11.9 Å². The van der Waals surface area contributed by atoms with Gasteiger partial charge in [-0.1, -0.05) is 13.8 Å². The minimum atomic E-state index is -0.207. The molecule has 0 aliphatic heterocycles. The summed E-state index contributed by atoms with van der Waals surface area (Å²) in [4.78, 5) is 11.6. The highest BCUT2D eigenvalue weighted by Gasteiger charge is 2.13. The summed E-state index contributed by atoms with van der Waals surface area (Å²) in [7, 11) is 0. The summed E-state index contributed by atoms with van der Waals surface area (Å²) < 4.78 is 0.620. The van der Waals surface area contributed by atoms with E-state index in [1.54, 1.807) is 12.1 Å². The van der Waals surface area contributed by atoms with Crippen molar-refractivity contribution < 1.29 is 9.52 Å². The zero-order valence-electron chi connectivity index (χ0n) is 9.23. The average Bonchev–Trinajstić information content (AvgIpc) is 2.17. The molecule has 1 atom stereocenters. The number of aromatic nitrogens is 1. The Labute approximate surface area is 89.5 Å². The SMILES string of the molecule is CC(C)C(C)NC(=O)c1ccc[n+]([O-])c1. The molecule has 0 aromatic carbocycles. The van der Waals surface area contributed by atoms with E-state index in [1.165, 1.54) is 12.4 Å². The molecule has 1 amide bonds. The predicted molar refractivity (Wildman–Crippen MR) is 57.2 cm³/mol. The van der Waals surface area contributed by atoms with Crippen LogP contribution in [0.15, 0.2) is 24.5 Å². The van der Waals surface area contributed by atoms with Crippen LogP contribution in [0.1, 0.15) is 31.1 Å². The summed E-state index contributed by atoms with van der Waals surface area (Å²) in [5.74, 6) is 0.165. The van der Waals surface area contributed by atoms with Gasteiger partial charge in [0.05, 0.1) is 0 Å². The predicted octanol–water partition coefficient (Wildman–Crippen LogP) is 1.09. The van der Waals surface area contributed by atoms with E-state index in [2.05, 4.69) is 5.32 Å². The summed E-state index contributed by atoms with van der Waals surface area (Å²) in [6, 6.07) is 3.27. The number of rotatable bonds is 3. The Morgan fingerprint density at radius 2 is 2.13 bits per heavy atom. The van der Waals surface area contributed by atoms with Crippen molar-refractivity contribution in [1.29, 1.82) is 0 Å². The Hall–Kier alpha value is -1.58. The Kier molecular flexibility index (Phi) is 3.66. The van der Waals surface area contributed by atoms with E-state index in [0.717, 1.165) is 0 Å². The molecule has 15 heavy (non-hydrogen) atoms. The highest BCUT2D eigenvalue weighted by atomic mass is 16.5. The quantitative estimate of drug-likeness (QED) is 0.597. The van der Waals surface area contributed by atoms with Gasteiger partial charge in [-0.15, -0.1) is 0 Å². The van der Waals surface area contributed by atoms with E-state index < -0.39 is 0 Å². The molecule has 0 aliphatic carbocycles. The molecule has 4 heteroatoms. The summed E-state index contributed by atoms with van der Waals surface area (Å²) in [5, 5.41) is 13.8. The molecule has 0 spiro atoms. The molecule has 1 rings (SSSR count). The lowest BCUT2D eigenvalue weighted by atomic mass is 10.1. The van der Waals surface area contributed by atoms with Crippen LogP contribution in [-0.2, 0) is 0 Å². The number of amides is 1. The van der Waals surface area contributed by atoms with E-state index >= 15 is 0 Å².